The molecule has 1 amide bonds. The quantitative estimate of drug-likeness (QED) is 0.792. The van der Waals surface area contributed by atoms with Crippen molar-refractivity contribution in [3.8, 4) is 5.69 Å². The van der Waals surface area contributed by atoms with Crippen LogP contribution in [0.2, 0.25) is 5.15 Å². The molecule has 1 aromatic carbocycles. The molecule has 2 aromatic rings. The van der Waals surface area contributed by atoms with Gasteiger partial charge in [0.2, 0.25) is 0 Å². The molecular formula is C16H17ClFN3O3. The van der Waals surface area contributed by atoms with Gasteiger partial charge in [-0.25, -0.2) is 13.9 Å². The summed E-state index contributed by atoms with van der Waals surface area (Å²) in [5, 5.41) is 4.22. The maximum Gasteiger partial charge on any atom is 0.344 e. The largest absolute Gasteiger partial charge is 0.449 e. The lowest BCUT2D eigenvalue weighted by molar-refractivity contribution is -0.137. The molecule has 1 atom stereocenters. The van der Waals surface area contributed by atoms with Crippen molar-refractivity contribution >= 4 is 23.5 Å². The van der Waals surface area contributed by atoms with Crippen molar-refractivity contribution in [2.45, 2.75) is 20.0 Å². The average Bonchev–Trinajstić information content (AvgIpc) is 2.81. The Morgan fingerprint density at radius 2 is 1.88 bits per heavy atom. The van der Waals surface area contributed by atoms with Gasteiger partial charge in [-0.15, -0.1) is 0 Å². The molecule has 0 spiro atoms. The van der Waals surface area contributed by atoms with Gasteiger partial charge in [0.15, 0.2) is 6.10 Å². The summed E-state index contributed by atoms with van der Waals surface area (Å²) in [6.45, 7) is 3.08. The Morgan fingerprint density at radius 1 is 1.29 bits per heavy atom. The third-order valence-electron chi connectivity index (χ3n) is 3.35. The molecule has 0 saturated carbocycles. The first-order chi connectivity index (χ1) is 11.2. The Balaban J connectivity index is 2.30. The summed E-state index contributed by atoms with van der Waals surface area (Å²) in [7, 11) is 3.13. The fourth-order valence-electron chi connectivity index (χ4n) is 2.12. The topological polar surface area (TPSA) is 64.4 Å². The highest BCUT2D eigenvalue weighted by Crippen LogP contribution is 2.25. The first-order valence-electron chi connectivity index (χ1n) is 7.15. The van der Waals surface area contributed by atoms with E-state index in [-0.39, 0.29) is 16.6 Å². The first-order valence-corrected chi connectivity index (χ1v) is 7.53. The Kier molecular flexibility index (Phi) is 5.23. The number of hydrogen-bond acceptors (Lipinski definition) is 4. The second-order valence-electron chi connectivity index (χ2n) is 5.42. The van der Waals surface area contributed by atoms with Crippen molar-refractivity contribution < 1.29 is 18.7 Å². The van der Waals surface area contributed by atoms with Gasteiger partial charge in [-0.1, -0.05) is 11.6 Å². The number of benzene rings is 1. The summed E-state index contributed by atoms with van der Waals surface area (Å²) in [6.07, 6.45) is -0.947. The monoisotopic (exact) mass is 353 g/mol. The highest BCUT2D eigenvalue weighted by molar-refractivity contribution is 6.33. The van der Waals surface area contributed by atoms with E-state index in [9.17, 15) is 14.0 Å². The van der Waals surface area contributed by atoms with Crippen molar-refractivity contribution in [1.82, 2.24) is 14.7 Å². The number of carbonyl (C=O) groups excluding carboxylic acids is 2. The Labute approximate surface area is 143 Å². The molecule has 0 aliphatic heterocycles. The van der Waals surface area contributed by atoms with E-state index in [1.165, 1.54) is 40.8 Å². The molecule has 128 valence electrons. The lowest BCUT2D eigenvalue weighted by atomic mass is 10.2. The van der Waals surface area contributed by atoms with Crippen LogP contribution in [0.15, 0.2) is 24.3 Å². The fraction of sp³-hybridized carbons (Fsp3) is 0.312. The molecule has 2 rings (SSSR count). The van der Waals surface area contributed by atoms with E-state index in [2.05, 4.69) is 5.10 Å². The molecule has 0 aliphatic carbocycles. The van der Waals surface area contributed by atoms with Crippen LogP contribution in [0.3, 0.4) is 0 Å². The lowest BCUT2D eigenvalue weighted by Gasteiger charge is -2.17. The number of amides is 1. The Bertz CT molecular complexity index is 772. The van der Waals surface area contributed by atoms with Crippen LogP contribution in [0, 0.1) is 12.7 Å². The molecule has 0 saturated heterocycles. The minimum absolute atomic E-state index is 0.0358. The van der Waals surface area contributed by atoms with Crippen LogP contribution in [-0.4, -0.2) is 46.8 Å². The number of halogens is 2. The molecule has 0 N–H and O–H groups in total. The summed E-state index contributed by atoms with van der Waals surface area (Å²) in [5.74, 6) is -1.48. The SMILES string of the molecule is Cc1nn(-c2ccc(F)cc2)c(Cl)c1C(=O)O[C@@H](C)C(=O)N(C)C. The van der Waals surface area contributed by atoms with Gasteiger partial charge in [0.1, 0.15) is 16.5 Å². The fourth-order valence-corrected chi connectivity index (χ4v) is 2.47. The average molecular weight is 354 g/mol. The minimum atomic E-state index is -0.947. The molecule has 0 unspecified atom stereocenters. The molecule has 0 radical (unpaired) electrons. The van der Waals surface area contributed by atoms with E-state index in [0.29, 0.717) is 11.4 Å². The number of aryl methyl sites for hydroxylation is 1. The number of aromatic nitrogens is 2. The number of esters is 1. The minimum Gasteiger partial charge on any atom is -0.449 e. The van der Waals surface area contributed by atoms with Crippen molar-refractivity contribution in [2.24, 2.45) is 0 Å². The normalized spacial score (nSPS) is 11.9. The second kappa shape index (κ2) is 7.00. The lowest BCUT2D eigenvalue weighted by Crippen LogP contribution is -2.35. The summed E-state index contributed by atoms with van der Waals surface area (Å²) in [4.78, 5) is 25.5. The molecular weight excluding hydrogens is 337 g/mol. The van der Waals surface area contributed by atoms with Crippen LogP contribution in [0.4, 0.5) is 4.39 Å². The standard InChI is InChI=1S/C16H17ClFN3O3/c1-9-13(16(23)24-10(2)15(22)20(3)4)14(17)21(19-9)12-7-5-11(18)6-8-12/h5-8,10H,1-4H3/t10-/m0/s1. The smallest absolute Gasteiger partial charge is 0.344 e. The van der Waals surface area contributed by atoms with Crippen molar-refractivity contribution in [1.29, 1.82) is 0 Å². The molecule has 0 bridgehead atoms. The molecule has 1 heterocycles. The van der Waals surface area contributed by atoms with E-state index >= 15 is 0 Å². The third kappa shape index (κ3) is 3.56. The number of nitrogens with zero attached hydrogens (tertiary/aromatic N) is 3. The highest BCUT2D eigenvalue weighted by Gasteiger charge is 2.26. The molecule has 0 fully saturated rings. The zero-order valence-electron chi connectivity index (χ0n) is 13.7. The van der Waals surface area contributed by atoms with E-state index in [1.54, 1.807) is 21.0 Å². The zero-order valence-corrected chi connectivity index (χ0v) is 14.5. The van der Waals surface area contributed by atoms with Crippen LogP contribution >= 0.6 is 11.6 Å². The Hall–Kier alpha value is -2.41. The second-order valence-corrected chi connectivity index (χ2v) is 5.78. The molecule has 6 nitrogen and oxygen atoms in total. The summed E-state index contributed by atoms with van der Waals surface area (Å²) < 4.78 is 19.5. The molecule has 0 aliphatic rings. The number of rotatable bonds is 4. The van der Waals surface area contributed by atoms with Crippen LogP contribution in [0.25, 0.3) is 5.69 Å². The zero-order chi connectivity index (χ0) is 18.0. The first kappa shape index (κ1) is 17.9. The van der Waals surface area contributed by atoms with Crippen LogP contribution < -0.4 is 0 Å². The number of ether oxygens (including phenoxy) is 1. The predicted molar refractivity (Wildman–Crippen MR) is 86.8 cm³/mol. The maximum atomic E-state index is 13.0. The van der Waals surface area contributed by atoms with E-state index in [4.69, 9.17) is 16.3 Å². The molecule has 8 heteroatoms. The van der Waals surface area contributed by atoms with E-state index < -0.39 is 17.9 Å². The van der Waals surface area contributed by atoms with Gasteiger partial charge in [-0.3, -0.25) is 4.79 Å². The van der Waals surface area contributed by atoms with Gasteiger partial charge in [0.25, 0.3) is 5.91 Å². The molecule has 24 heavy (non-hydrogen) atoms. The summed E-state index contributed by atoms with van der Waals surface area (Å²) in [6, 6.07) is 5.50. The number of likely N-dealkylation sites (N-methyl/N-ethyl adjacent to an activating group) is 1. The maximum absolute atomic E-state index is 13.0. The summed E-state index contributed by atoms with van der Waals surface area (Å²) in [5.41, 5.74) is 0.916. The van der Waals surface area contributed by atoms with Crippen LogP contribution in [-0.2, 0) is 9.53 Å². The van der Waals surface area contributed by atoms with E-state index in [1.807, 2.05) is 0 Å². The van der Waals surface area contributed by atoms with Gasteiger partial charge in [0, 0.05) is 14.1 Å². The predicted octanol–water partition coefficient (Wildman–Crippen LogP) is 2.61. The van der Waals surface area contributed by atoms with Crippen LogP contribution in [0.1, 0.15) is 23.0 Å². The molecule has 1 aromatic heterocycles. The van der Waals surface area contributed by atoms with Crippen molar-refractivity contribution in [3.63, 3.8) is 0 Å². The van der Waals surface area contributed by atoms with Gasteiger partial charge in [-0.2, -0.15) is 5.10 Å². The summed E-state index contributed by atoms with van der Waals surface area (Å²) >= 11 is 6.23. The number of carbonyl (C=O) groups is 2. The Morgan fingerprint density at radius 3 is 2.42 bits per heavy atom. The van der Waals surface area contributed by atoms with Crippen molar-refractivity contribution in [3.05, 3.63) is 46.5 Å². The van der Waals surface area contributed by atoms with Gasteiger partial charge < -0.3 is 9.64 Å². The van der Waals surface area contributed by atoms with Crippen LogP contribution in [0.5, 0.6) is 0 Å². The van der Waals surface area contributed by atoms with Gasteiger partial charge >= 0.3 is 5.97 Å². The highest BCUT2D eigenvalue weighted by atomic mass is 35.5. The number of hydrogen-bond donors (Lipinski definition) is 0. The third-order valence-corrected chi connectivity index (χ3v) is 3.70. The van der Waals surface area contributed by atoms with E-state index in [0.717, 1.165) is 0 Å². The van der Waals surface area contributed by atoms with Gasteiger partial charge in [0.05, 0.1) is 11.4 Å². The van der Waals surface area contributed by atoms with Crippen molar-refractivity contribution in [2.75, 3.05) is 14.1 Å². The van der Waals surface area contributed by atoms with Gasteiger partial charge in [-0.05, 0) is 38.1 Å².